The van der Waals surface area contributed by atoms with Crippen LogP contribution in [-0.2, 0) is 0 Å². The smallest absolute Gasteiger partial charge is 0.0439 e. The van der Waals surface area contributed by atoms with Crippen LogP contribution >= 0.6 is 11.8 Å². The van der Waals surface area contributed by atoms with Crippen LogP contribution in [0.3, 0.4) is 0 Å². The van der Waals surface area contributed by atoms with E-state index in [1.807, 2.05) is 0 Å². The van der Waals surface area contributed by atoms with E-state index < -0.39 is 0 Å². The van der Waals surface area contributed by atoms with E-state index in [2.05, 4.69) is 38.1 Å². The summed E-state index contributed by atoms with van der Waals surface area (Å²) in [6.45, 7) is 4.69. The molecule has 78 valence electrons. The lowest BCUT2D eigenvalue weighted by molar-refractivity contribution is 0.296. The van der Waals surface area contributed by atoms with Crippen LogP contribution in [0.2, 0.25) is 0 Å². The van der Waals surface area contributed by atoms with E-state index in [0.29, 0.717) is 5.92 Å². The fourth-order valence-electron chi connectivity index (χ4n) is 1.20. The molecular formula is C12H18OS. The molecule has 0 aliphatic rings. The van der Waals surface area contributed by atoms with Gasteiger partial charge in [-0.1, -0.05) is 26.0 Å². The van der Waals surface area contributed by atoms with Crippen LogP contribution in [0.1, 0.15) is 31.7 Å². The highest BCUT2D eigenvalue weighted by molar-refractivity contribution is 7.99. The molecule has 2 heteroatoms. The topological polar surface area (TPSA) is 20.2 Å². The number of hydrogen-bond donors (Lipinski definition) is 1. The van der Waals surface area contributed by atoms with Crippen LogP contribution in [0.4, 0.5) is 0 Å². The monoisotopic (exact) mass is 210 g/mol. The molecule has 0 saturated carbocycles. The third-order valence-electron chi connectivity index (χ3n) is 2.12. The Balaban J connectivity index is 2.47. The van der Waals surface area contributed by atoms with Gasteiger partial charge >= 0.3 is 0 Å². The molecule has 0 amide bonds. The normalized spacial score (nSPS) is 10.9. The maximum absolute atomic E-state index is 8.65. The zero-order valence-corrected chi connectivity index (χ0v) is 9.68. The fraction of sp³-hybridized carbons (Fsp3) is 0.500. The van der Waals surface area contributed by atoms with Gasteiger partial charge in [-0.05, 0) is 30.0 Å². The van der Waals surface area contributed by atoms with Crippen LogP contribution < -0.4 is 0 Å². The first kappa shape index (κ1) is 11.6. The minimum absolute atomic E-state index is 0.289. The Morgan fingerprint density at radius 2 is 1.86 bits per heavy atom. The van der Waals surface area contributed by atoms with Crippen LogP contribution in [-0.4, -0.2) is 17.5 Å². The summed E-state index contributed by atoms with van der Waals surface area (Å²) in [6, 6.07) is 8.70. The molecule has 0 saturated heterocycles. The molecule has 0 spiro atoms. The molecule has 0 atom stereocenters. The quantitative estimate of drug-likeness (QED) is 0.594. The third-order valence-corrected chi connectivity index (χ3v) is 3.22. The van der Waals surface area contributed by atoms with Crippen molar-refractivity contribution in [2.45, 2.75) is 31.1 Å². The molecule has 1 rings (SSSR count). The summed E-state index contributed by atoms with van der Waals surface area (Å²) in [5.41, 5.74) is 1.39. The van der Waals surface area contributed by atoms with Gasteiger partial charge in [-0.2, -0.15) is 0 Å². The fourth-order valence-corrected chi connectivity index (χ4v) is 2.04. The Bertz CT molecular complexity index is 254. The number of aliphatic hydroxyl groups is 1. The van der Waals surface area contributed by atoms with E-state index in [4.69, 9.17) is 5.11 Å². The molecule has 0 aromatic heterocycles. The van der Waals surface area contributed by atoms with Crippen molar-refractivity contribution in [3.8, 4) is 0 Å². The summed E-state index contributed by atoms with van der Waals surface area (Å²) in [5.74, 6) is 1.60. The molecule has 0 bridgehead atoms. The summed E-state index contributed by atoms with van der Waals surface area (Å²) >= 11 is 1.81. The van der Waals surface area contributed by atoms with Crippen molar-refractivity contribution in [1.29, 1.82) is 0 Å². The molecule has 0 aliphatic carbocycles. The van der Waals surface area contributed by atoms with Gasteiger partial charge in [-0.25, -0.2) is 0 Å². The number of aliphatic hydroxyl groups excluding tert-OH is 1. The first-order valence-electron chi connectivity index (χ1n) is 5.07. The van der Waals surface area contributed by atoms with Gasteiger partial charge in [0, 0.05) is 17.3 Å². The van der Waals surface area contributed by atoms with Gasteiger partial charge in [0.25, 0.3) is 0 Å². The van der Waals surface area contributed by atoms with Crippen molar-refractivity contribution in [2.75, 3.05) is 12.4 Å². The summed E-state index contributed by atoms with van der Waals surface area (Å²) in [6.07, 6.45) is 0.872. The molecule has 1 N–H and O–H groups in total. The van der Waals surface area contributed by atoms with Gasteiger partial charge in [0.2, 0.25) is 0 Å². The van der Waals surface area contributed by atoms with Crippen molar-refractivity contribution in [3.63, 3.8) is 0 Å². The summed E-state index contributed by atoms with van der Waals surface area (Å²) in [5, 5.41) is 8.65. The standard InChI is InChI=1S/C12H18OS/c1-10(2)11-4-6-12(7-5-11)14-9-3-8-13/h4-7,10,13H,3,8-9H2,1-2H3. The van der Waals surface area contributed by atoms with Gasteiger partial charge in [-0.15, -0.1) is 11.8 Å². The maximum atomic E-state index is 8.65. The highest BCUT2D eigenvalue weighted by Gasteiger charge is 1.98. The lowest BCUT2D eigenvalue weighted by Gasteiger charge is -2.06. The SMILES string of the molecule is CC(C)c1ccc(SCCCO)cc1. The average Bonchev–Trinajstić information content (AvgIpc) is 2.19. The second-order valence-corrected chi connectivity index (χ2v) is 4.82. The Morgan fingerprint density at radius 3 is 2.36 bits per heavy atom. The van der Waals surface area contributed by atoms with Gasteiger partial charge in [0.05, 0.1) is 0 Å². The van der Waals surface area contributed by atoms with Crippen molar-refractivity contribution < 1.29 is 5.11 Å². The van der Waals surface area contributed by atoms with E-state index in [1.165, 1.54) is 10.5 Å². The highest BCUT2D eigenvalue weighted by atomic mass is 32.2. The van der Waals surface area contributed by atoms with Crippen molar-refractivity contribution in [2.24, 2.45) is 0 Å². The van der Waals surface area contributed by atoms with Crippen molar-refractivity contribution in [3.05, 3.63) is 29.8 Å². The second-order valence-electron chi connectivity index (χ2n) is 3.65. The van der Waals surface area contributed by atoms with E-state index in [-0.39, 0.29) is 6.61 Å². The lowest BCUT2D eigenvalue weighted by Crippen LogP contribution is -1.87. The minimum Gasteiger partial charge on any atom is -0.396 e. The Kier molecular flexibility index (Phi) is 5.05. The van der Waals surface area contributed by atoms with Crippen molar-refractivity contribution in [1.82, 2.24) is 0 Å². The van der Waals surface area contributed by atoms with Gasteiger partial charge in [0.15, 0.2) is 0 Å². The van der Waals surface area contributed by atoms with Gasteiger partial charge < -0.3 is 5.11 Å². The predicted molar refractivity (Wildman–Crippen MR) is 63.0 cm³/mol. The zero-order chi connectivity index (χ0) is 10.4. The zero-order valence-electron chi connectivity index (χ0n) is 8.86. The molecule has 0 radical (unpaired) electrons. The molecule has 0 fully saturated rings. The van der Waals surface area contributed by atoms with E-state index in [1.54, 1.807) is 11.8 Å². The molecule has 1 nitrogen and oxygen atoms in total. The van der Waals surface area contributed by atoms with Crippen LogP contribution in [0.5, 0.6) is 0 Å². The van der Waals surface area contributed by atoms with Crippen LogP contribution in [0.15, 0.2) is 29.2 Å². The van der Waals surface area contributed by atoms with Gasteiger partial charge in [-0.3, -0.25) is 0 Å². The largest absolute Gasteiger partial charge is 0.396 e. The Labute approximate surface area is 90.5 Å². The summed E-state index contributed by atoms with van der Waals surface area (Å²) in [4.78, 5) is 1.29. The van der Waals surface area contributed by atoms with Crippen molar-refractivity contribution >= 4 is 11.8 Å². The molecule has 1 aromatic carbocycles. The lowest BCUT2D eigenvalue weighted by atomic mass is 10.0. The molecular weight excluding hydrogens is 192 g/mol. The first-order chi connectivity index (χ1) is 6.74. The molecule has 0 aliphatic heterocycles. The number of rotatable bonds is 5. The second kappa shape index (κ2) is 6.10. The molecule has 1 aromatic rings. The summed E-state index contributed by atoms with van der Waals surface area (Å²) < 4.78 is 0. The van der Waals surface area contributed by atoms with Gasteiger partial charge in [0.1, 0.15) is 0 Å². The molecule has 14 heavy (non-hydrogen) atoms. The predicted octanol–water partition coefficient (Wildman–Crippen LogP) is 3.28. The van der Waals surface area contributed by atoms with E-state index in [9.17, 15) is 0 Å². The Morgan fingerprint density at radius 1 is 1.21 bits per heavy atom. The summed E-state index contributed by atoms with van der Waals surface area (Å²) in [7, 11) is 0. The maximum Gasteiger partial charge on any atom is 0.0439 e. The Hall–Kier alpha value is -0.470. The van der Waals surface area contributed by atoms with E-state index in [0.717, 1.165) is 12.2 Å². The average molecular weight is 210 g/mol. The first-order valence-corrected chi connectivity index (χ1v) is 6.06. The number of thioether (sulfide) groups is 1. The minimum atomic E-state index is 0.289. The third kappa shape index (κ3) is 3.72. The van der Waals surface area contributed by atoms with Crippen LogP contribution in [0, 0.1) is 0 Å². The highest BCUT2D eigenvalue weighted by Crippen LogP contribution is 2.21. The molecule has 0 unspecified atom stereocenters. The number of benzene rings is 1. The number of hydrogen-bond acceptors (Lipinski definition) is 2. The van der Waals surface area contributed by atoms with Crippen LogP contribution in [0.25, 0.3) is 0 Å². The molecule has 0 heterocycles. The van der Waals surface area contributed by atoms with E-state index >= 15 is 0 Å².